The van der Waals surface area contributed by atoms with Crippen molar-refractivity contribution in [3.05, 3.63) is 60.7 Å². The summed E-state index contributed by atoms with van der Waals surface area (Å²) in [6, 6.07) is 18.3. The molecule has 0 spiro atoms. The number of hydrogen-bond donors (Lipinski definition) is 4. The van der Waals surface area contributed by atoms with Crippen LogP contribution in [0.5, 0.6) is 0 Å². The minimum atomic E-state index is -2.95. The van der Waals surface area contributed by atoms with Crippen LogP contribution in [0.2, 0.25) is 5.04 Å². The fourth-order valence-electron chi connectivity index (χ4n) is 3.95. The largest absolute Gasteiger partial charge is 0.405 e. The van der Waals surface area contributed by atoms with Gasteiger partial charge in [0, 0.05) is 6.92 Å². The van der Waals surface area contributed by atoms with Crippen LogP contribution in [0.15, 0.2) is 60.7 Å². The number of hydrogen-bond acceptors (Lipinski definition) is 6. The molecule has 2 aromatic carbocycles. The molecule has 0 heterocycles. The lowest BCUT2D eigenvalue weighted by atomic mass is 10.0. The van der Waals surface area contributed by atoms with Gasteiger partial charge in [0.1, 0.15) is 30.6 Å². The highest BCUT2D eigenvalue weighted by atomic mass is 28.4. The first-order valence-corrected chi connectivity index (χ1v) is 12.5. The van der Waals surface area contributed by atoms with Crippen LogP contribution in [0, 0.1) is 0 Å². The lowest BCUT2D eigenvalue weighted by Gasteiger charge is -2.43. The van der Waals surface area contributed by atoms with Gasteiger partial charge < -0.3 is 29.9 Å². The summed E-state index contributed by atoms with van der Waals surface area (Å²) in [6.45, 7) is 7.16. The topological polar surface area (TPSA) is 116 Å². The average Bonchev–Trinajstić information content (AvgIpc) is 2.77. The zero-order valence-electron chi connectivity index (χ0n) is 18.9. The van der Waals surface area contributed by atoms with E-state index in [4.69, 9.17) is 4.43 Å². The molecule has 8 heteroatoms. The molecule has 0 radical (unpaired) electrons. The van der Waals surface area contributed by atoms with E-state index in [9.17, 15) is 24.9 Å². The van der Waals surface area contributed by atoms with Crippen molar-refractivity contribution < 1.29 is 29.3 Å². The third-order valence-electron chi connectivity index (χ3n) is 5.52. The Balaban J connectivity index is 2.37. The van der Waals surface area contributed by atoms with Crippen LogP contribution >= 0.6 is 0 Å². The van der Waals surface area contributed by atoms with E-state index >= 15 is 0 Å². The molecule has 0 bridgehead atoms. The first kappa shape index (κ1) is 25.9. The number of aliphatic hydroxyl groups excluding tert-OH is 3. The second kappa shape index (κ2) is 11.0. The first-order valence-electron chi connectivity index (χ1n) is 10.6. The second-order valence-corrected chi connectivity index (χ2v) is 13.2. The van der Waals surface area contributed by atoms with Gasteiger partial charge in [-0.15, -0.1) is 0 Å². The van der Waals surface area contributed by atoms with E-state index in [1.54, 1.807) is 0 Å². The van der Waals surface area contributed by atoms with E-state index in [0.717, 1.165) is 10.4 Å². The summed E-state index contributed by atoms with van der Waals surface area (Å²) in [5.74, 6) is -0.536. The minimum Gasteiger partial charge on any atom is -0.405 e. The average molecular weight is 460 g/mol. The fraction of sp³-hybridized carbons (Fsp3) is 0.417. The van der Waals surface area contributed by atoms with Gasteiger partial charge in [0.15, 0.2) is 0 Å². The maximum Gasteiger partial charge on any atom is 0.261 e. The van der Waals surface area contributed by atoms with Crippen LogP contribution in [0.1, 0.15) is 27.7 Å². The Bertz CT molecular complexity index is 832. The molecular weight excluding hydrogens is 426 g/mol. The van der Waals surface area contributed by atoms with Crippen molar-refractivity contribution in [2.45, 2.75) is 57.1 Å². The molecule has 174 valence electrons. The smallest absolute Gasteiger partial charge is 0.261 e. The molecule has 2 aromatic rings. The van der Waals surface area contributed by atoms with Crippen LogP contribution in [-0.2, 0) is 14.0 Å². The zero-order valence-corrected chi connectivity index (χ0v) is 19.9. The molecule has 0 saturated carbocycles. The van der Waals surface area contributed by atoms with Crippen molar-refractivity contribution in [2.24, 2.45) is 0 Å². The molecule has 0 aliphatic heterocycles. The molecule has 0 aliphatic rings. The van der Waals surface area contributed by atoms with E-state index in [2.05, 4.69) is 26.1 Å². The van der Waals surface area contributed by atoms with Crippen LogP contribution < -0.4 is 15.7 Å². The Morgan fingerprint density at radius 3 is 1.81 bits per heavy atom. The predicted octanol–water partition coefficient (Wildman–Crippen LogP) is 0.349. The number of nitrogens with one attached hydrogen (secondary N) is 1. The predicted molar refractivity (Wildman–Crippen MR) is 125 cm³/mol. The van der Waals surface area contributed by atoms with Crippen LogP contribution in [0.3, 0.4) is 0 Å². The Morgan fingerprint density at radius 2 is 1.44 bits per heavy atom. The van der Waals surface area contributed by atoms with Gasteiger partial charge in [-0.1, -0.05) is 81.4 Å². The van der Waals surface area contributed by atoms with Gasteiger partial charge in [-0.05, 0) is 15.4 Å². The first-order chi connectivity index (χ1) is 15.0. The number of carbonyl (C=O) groups excluding carboxylic acids is 2. The zero-order chi connectivity index (χ0) is 23.9. The fourth-order valence-corrected chi connectivity index (χ4v) is 8.52. The van der Waals surface area contributed by atoms with Crippen molar-refractivity contribution in [1.82, 2.24) is 5.32 Å². The summed E-state index contributed by atoms with van der Waals surface area (Å²) >= 11 is 0. The van der Waals surface area contributed by atoms with Crippen molar-refractivity contribution in [3.8, 4) is 0 Å². The molecule has 2 rings (SSSR count). The van der Waals surface area contributed by atoms with Crippen LogP contribution in [0.25, 0.3) is 0 Å². The van der Waals surface area contributed by atoms with Crippen molar-refractivity contribution in [3.63, 3.8) is 0 Å². The molecule has 1 amide bonds. The highest BCUT2D eigenvalue weighted by molar-refractivity contribution is 6.99. The van der Waals surface area contributed by atoms with E-state index in [-0.39, 0.29) is 11.6 Å². The SMILES string of the molecule is CC(=O)N[C@H](C=O)[C@@H](O)[C@H](O)[C@H](O)CO[Si](c1ccccc1)(c1ccccc1)C(C)(C)C. The van der Waals surface area contributed by atoms with Crippen molar-refractivity contribution in [1.29, 1.82) is 0 Å². The van der Waals surface area contributed by atoms with Crippen LogP contribution in [-0.4, -0.2) is 66.8 Å². The highest BCUT2D eigenvalue weighted by Gasteiger charge is 2.50. The molecule has 0 unspecified atom stereocenters. The molecule has 0 aliphatic carbocycles. The number of benzene rings is 2. The second-order valence-electron chi connectivity index (χ2n) is 8.89. The Morgan fingerprint density at radius 1 is 0.969 bits per heavy atom. The number of carbonyl (C=O) groups is 2. The van der Waals surface area contributed by atoms with E-state index in [0.29, 0.717) is 6.29 Å². The minimum absolute atomic E-state index is 0.267. The summed E-state index contributed by atoms with van der Waals surface area (Å²) in [5.41, 5.74) is 0. The van der Waals surface area contributed by atoms with E-state index in [1.807, 2.05) is 60.7 Å². The summed E-state index contributed by atoms with van der Waals surface area (Å²) in [7, 11) is -2.95. The lowest BCUT2D eigenvalue weighted by molar-refractivity contribution is -0.129. The van der Waals surface area contributed by atoms with E-state index < -0.39 is 38.6 Å². The normalized spacial score (nSPS) is 16.0. The Kier molecular flexibility index (Phi) is 8.88. The summed E-state index contributed by atoms with van der Waals surface area (Å²) in [5, 5.41) is 35.4. The third kappa shape index (κ3) is 5.70. The summed E-state index contributed by atoms with van der Waals surface area (Å²) < 4.78 is 6.54. The van der Waals surface area contributed by atoms with Crippen LogP contribution in [0.4, 0.5) is 0 Å². The maximum atomic E-state index is 11.2. The highest BCUT2D eigenvalue weighted by Crippen LogP contribution is 2.36. The van der Waals surface area contributed by atoms with Gasteiger partial charge >= 0.3 is 0 Å². The third-order valence-corrected chi connectivity index (χ3v) is 10.5. The standard InChI is InChI=1S/C24H33NO6Si/c1-17(27)25-20(15-26)22(29)23(30)21(28)16-31-32(24(2,3)4,18-11-7-5-8-12-18)19-13-9-6-10-14-19/h5-15,20-23,28-30H,16H2,1-4H3,(H,25,27)/t20-,21-,22-,23-/m1/s1. The lowest BCUT2D eigenvalue weighted by Crippen LogP contribution is -2.67. The number of amides is 1. The molecule has 4 N–H and O–H groups in total. The summed E-state index contributed by atoms with van der Waals surface area (Å²) in [4.78, 5) is 22.5. The van der Waals surface area contributed by atoms with Crippen molar-refractivity contribution in [2.75, 3.05) is 6.61 Å². The monoisotopic (exact) mass is 459 g/mol. The quantitative estimate of drug-likeness (QED) is 0.301. The number of aliphatic hydroxyl groups is 3. The van der Waals surface area contributed by atoms with Gasteiger partial charge in [-0.2, -0.15) is 0 Å². The van der Waals surface area contributed by atoms with Gasteiger partial charge in [-0.3, -0.25) is 4.79 Å². The van der Waals surface area contributed by atoms with E-state index in [1.165, 1.54) is 6.92 Å². The molecule has 0 aromatic heterocycles. The Hall–Kier alpha value is -2.36. The number of aldehydes is 1. The molecule has 7 nitrogen and oxygen atoms in total. The number of rotatable bonds is 10. The summed E-state index contributed by atoms with van der Waals surface area (Å²) in [6.07, 6.45) is -4.54. The molecule has 32 heavy (non-hydrogen) atoms. The van der Waals surface area contributed by atoms with Gasteiger partial charge in [0.2, 0.25) is 5.91 Å². The van der Waals surface area contributed by atoms with Gasteiger partial charge in [0.25, 0.3) is 8.32 Å². The Labute approximate surface area is 190 Å². The van der Waals surface area contributed by atoms with Crippen molar-refractivity contribution >= 4 is 30.9 Å². The molecule has 4 atom stereocenters. The molecule has 0 fully saturated rings. The molecule has 0 saturated heterocycles. The van der Waals surface area contributed by atoms with Gasteiger partial charge in [-0.25, -0.2) is 0 Å². The van der Waals surface area contributed by atoms with Gasteiger partial charge in [0.05, 0.1) is 6.61 Å². The maximum absolute atomic E-state index is 11.2. The molecular formula is C24H33NO6Si.